The Hall–Kier alpha value is -1.37. The average Bonchev–Trinajstić information content (AvgIpc) is 2.90. The van der Waals surface area contributed by atoms with Crippen molar-refractivity contribution in [3.8, 4) is 0 Å². The van der Waals surface area contributed by atoms with Crippen molar-refractivity contribution in [3.05, 3.63) is 12.2 Å². The van der Waals surface area contributed by atoms with Crippen molar-refractivity contribution in [2.24, 2.45) is 0 Å². The third-order valence-corrected chi connectivity index (χ3v) is 5.94. The molecule has 0 spiro atoms. The van der Waals surface area contributed by atoms with Gasteiger partial charge in [0, 0.05) is 13.3 Å². The van der Waals surface area contributed by atoms with E-state index in [4.69, 9.17) is 9.47 Å². The summed E-state index contributed by atoms with van der Waals surface area (Å²) in [4.78, 5) is 32.7. The zero-order valence-corrected chi connectivity index (χ0v) is 15.3. The Bertz CT molecular complexity index is 526. The first-order chi connectivity index (χ1) is 11.2. The van der Waals surface area contributed by atoms with E-state index in [2.05, 4.69) is 9.26 Å². The normalized spacial score (nSPS) is 22.7. The summed E-state index contributed by atoms with van der Waals surface area (Å²) in [7, 11) is -4.46. The number of carbonyl (C=O) groups is 2. The maximum atomic E-state index is 12.6. The topological polar surface area (TPSA) is 108 Å². The number of hydrogen-bond donors (Lipinski definition) is 1. The van der Waals surface area contributed by atoms with Gasteiger partial charge in [0.05, 0.1) is 12.7 Å². The first-order valence-electron chi connectivity index (χ1n) is 7.92. The maximum Gasteiger partial charge on any atom is 0.514 e. The molecule has 3 atom stereocenters. The lowest BCUT2D eigenvalue weighted by molar-refractivity contribution is -0.145. The van der Waals surface area contributed by atoms with E-state index in [0.29, 0.717) is 6.42 Å². The Morgan fingerprint density at radius 3 is 2.29 bits per heavy atom. The van der Waals surface area contributed by atoms with E-state index < -0.39 is 37.3 Å². The van der Waals surface area contributed by atoms with Crippen molar-refractivity contribution in [1.29, 1.82) is 0 Å². The van der Waals surface area contributed by atoms with Gasteiger partial charge in [0.15, 0.2) is 5.34 Å². The third-order valence-electron chi connectivity index (χ3n) is 3.77. The lowest BCUT2D eigenvalue weighted by atomic mass is 10.2. The fourth-order valence-corrected chi connectivity index (χ4v) is 4.00. The monoisotopic (exact) mass is 364 g/mol. The Morgan fingerprint density at radius 2 is 1.79 bits per heavy atom. The van der Waals surface area contributed by atoms with Crippen LogP contribution in [0.3, 0.4) is 0 Å². The van der Waals surface area contributed by atoms with E-state index in [0.717, 1.165) is 0 Å². The van der Waals surface area contributed by atoms with Gasteiger partial charge < -0.3 is 23.6 Å². The largest absolute Gasteiger partial charge is 0.514 e. The van der Waals surface area contributed by atoms with Crippen LogP contribution < -0.4 is 0 Å². The van der Waals surface area contributed by atoms with Gasteiger partial charge >= 0.3 is 19.7 Å². The highest BCUT2D eigenvalue weighted by Crippen LogP contribution is 2.60. The van der Waals surface area contributed by atoms with Crippen molar-refractivity contribution in [2.75, 3.05) is 6.61 Å². The van der Waals surface area contributed by atoms with E-state index in [9.17, 15) is 19.0 Å². The molecule has 1 rings (SSSR count). The Morgan fingerprint density at radius 1 is 1.21 bits per heavy atom. The molecule has 0 aromatic carbocycles. The van der Waals surface area contributed by atoms with Crippen molar-refractivity contribution >= 4 is 19.7 Å². The minimum absolute atomic E-state index is 0.0281. The molecule has 0 saturated carbocycles. The number of rotatable bonds is 8. The molecule has 8 nitrogen and oxygen atoms in total. The molecular weight excluding hydrogens is 339 g/mol. The highest BCUT2D eigenvalue weighted by molar-refractivity contribution is 7.54. The van der Waals surface area contributed by atoms with Crippen LogP contribution in [0.5, 0.6) is 0 Å². The first-order valence-corrected chi connectivity index (χ1v) is 9.50. The van der Waals surface area contributed by atoms with Crippen LogP contribution in [0.2, 0.25) is 0 Å². The molecule has 0 aromatic rings. The molecule has 138 valence electrons. The van der Waals surface area contributed by atoms with Crippen molar-refractivity contribution < 1.29 is 37.8 Å². The summed E-state index contributed by atoms with van der Waals surface area (Å²) >= 11 is 0. The zero-order valence-electron chi connectivity index (χ0n) is 14.4. The first kappa shape index (κ1) is 20.7. The van der Waals surface area contributed by atoms with Gasteiger partial charge in [-0.3, -0.25) is 4.79 Å². The van der Waals surface area contributed by atoms with Crippen LogP contribution in [-0.2, 0) is 28.1 Å². The summed E-state index contributed by atoms with van der Waals surface area (Å²) in [6.45, 7) is 6.23. The van der Waals surface area contributed by atoms with Crippen LogP contribution >= 0.6 is 7.60 Å². The van der Waals surface area contributed by atoms with Gasteiger partial charge in [-0.1, -0.05) is 19.9 Å². The molecule has 0 radical (unpaired) electrons. The number of hydrogen-bond acceptors (Lipinski definition) is 7. The van der Waals surface area contributed by atoms with E-state index in [-0.39, 0.29) is 19.4 Å². The van der Waals surface area contributed by atoms with Gasteiger partial charge in [0.1, 0.15) is 6.10 Å². The van der Waals surface area contributed by atoms with Crippen LogP contribution in [0.1, 0.15) is 47.0 Å². The molecule has 0 aliphatic heterocycles. The van der Waals surface area contributed by atoms with Crippen molar-refractivity contribution in [2.45, 2.75) is 64.5 Å². The molecule has 1 aliphatic carbocycles. The highest BCUT2D eigenvalue weighted by atomic mass is 31.2. The molecule has 0 bridgehead atoms. The van der Waals surface area contributed by atoms with Gasteiger partial charge in [-0.25, -0.2) is 9.36 Å². The minimum atomic E-state index is -4.46. The second-order valence-electron chi connectivity index (χ2n) is 5.37. The molecule has 1 N–H and O–H groups in total. The van der Waals surface area contributed by atoms with Crippen LogP contribution in [0.25, 0.3) is 0 Å². The molecule has 9 heteroatoms. The van der Waals surface area contributed by atoms with Gasteiger partial charge in [0.25, 0.3) is 0 Å². The van der Waals surface area contributed by atoms with Crippen LogP contribution in [0, 0.1) is 0 Å². The smallest absolute Gasteiger partial charge is 0.458 e. The molecule has 0 aromatic heterocycles. The van der Waals surface area contributed by atoms with Gasteiger partial charge in [-0.2, -0.15) is 0 Å². The second-order valence-corrected chi connectivity index (χ2v) is 7.41. The van der Waals surface area contributed by atoms with E-state index >= 15 is 0 Å². The van der Waals surface area contributed by atoms with E-state index in [1.54, 1.807) is 32.9 Å². The Labute approximate surface area is 141 Å². The average molecular weight is 364 g/mol. The van der Waals surface area contributed by atoms with Crippen molar-refractivity contribution in [1.82, 2.24) is 0 Å². The van der Waals surface area contributed by atoms with Gasteiger partial charge in [0.2, 0.25) is 0 Å². The van der Waals surface area contributed by atoms with Crippen LogP contribution in [0.15, 0.2) is 12.2 Å². The van der Waals surface area contributed by atoms with Crippen LogP contribution in [-0.4, -0.2) is 41.2 Å². The lowest BCUT2D eigenvalue weighted by Gasteiger charge is -2.36. The third kappa shape index (κ3) is 5.06. The predicted molar refractivity (Wildman–Crippen MR) is 85.4 cm³/mol. The molecular formula is C15H25O8P. The second kappa shape index (κ2) is 8.65. The SMILES string of the molecule is CCOC(=O)OP(=O)(O)C(CC)(CC)O[C@@H]1C=C[C@H](OC(C)=O)C1. The summed E-state index contributed by atoms with van der Waals surface area (Å²) in [6.07, 6.45) is 1.79. The highest BCUT2D eigenvalue weighted by Gasteiger charge is 2.52. The summed E-state index contributed by atoms with van der Waals surface area (Å²) in [6, 6.07) is 0. The molecule has 0 amide bonds. The lowest BCUT2D eigenvalue weighted by Crippen LogP contribution is -2.36. The molecule has 1 unspecified atom stereocenters. The standard InChI is InChI=1S/C15H25O8P/c1-5-15(6-2,24(18,19)23-14(17)20-7-3)22-13-9-8-12(10-13)21-11(4)16/h8-9,12-13H,5-7,10H2,1-4H3,(H,18,19)/t12-,13+/m0/s1. The fourth-order valence-electron chi connectivity index (χ4n) is 2.51. The van der Waals surface area contributed by atoms with Crippen LogP contribution in [0.4, 0.5) is 4.79 Å². The summed E-state index contributed by atoms with van der Waals surface area (Å²) in [5.74, 6) is -0.416. The molecule has 0 fully saturated rings. The van der Waals surface area contributed by atoms with E-state index in [1.807, 2.05) is 0 Å². The number of carbonyl (C=O) groups excluding carboxylic acids is 2. The Balaban J connectivity index is 2.85. The summed E-state index contributed by atoms with van der Waals surface area (Å²) < 4.78 is 32.7. The zero-order chi connectivity index (χ0) is 18.4. The van der Waals surface area contributed by atoms with Crippen molar-refractivity contribution in [3.63, 3.8) is 0 Å². The summed E-state index contributed by atoms with van der Waals surface area (Å²) in [5.41, 5.74) is 0. The van der Waals surface area contributed by atoms with Gasteiger partial charge in [-0.05, 0) is 25.8 Å². The fraction of sp³-hybridized carbons (Fsp3) is 0.733. The summed E-state index contributed by atoms with van der Waals surface area (Å²) in [5, 5.41) is -1.56. The quantitative estimate of drug-likeness (QED) is 0.397. The molecule has 24 heavy (non-hydrogen) atoms. The molecule has 0 heterocycles. The number of esters is 1. The Kier molecular flexibility index (Phi) is 7.45. The molecule has 1 aliphatic rings. The van der Waals surface area contributed by atoms with Gasteiger partial charge in [-0.15, -0.1) is 0 Å². The number of ether oxygens (including phenoxy) is 3. The predicted octanol–water partition coefficient (Wildman–Crippen LogP) is 3.14. The molecule has 0 saturated heterocycles. The maximum absolute atomic E-state index is 12.6. The minimum Gasteiger partial charge on any atom is -0.458 e. The van der Waals surface area contributed by atoms with E-state index in [1.165, 1.54) is 6.92 Å².